The standard InChI is InChI=1S/C20H25F2N3O5S2/c21-15-1-2-16(22)18(11-15)32(28,29)24-5-3-14(4-6-24)19(26)25-13-31-12-17(25)20(27)23-7-9-30-10-8-23/h1-2,11,14,17H,3-10,12-13H2/t17-/m0/s1. The zero-order chi connectivity index (χ0) is 22.9. The van der Waals surface area contributed by atoms with Crippen molar-refractivity contribution in [3.8, 4) is 0 Å². The van der Waals surface area contributed by atoms with E-state index in [4.69, 9.17) is 4.74 Å². The third kappa shape index (κ3) is 4.63. The summed E-state index contributed by atoms with van der Waals surface area (Å²) in [6, 6.07) is 1.80. The Bertz CT molecular complexity index is 979. The maximum absolute atomic E-state index is 14.0. The zero-order valence-corrected chi connectivity index (χ0v) is 19.0. The van der Waals surface area contributed by atoms with Crippen molar-refractivity contribution in [3.63, 3.8) is 0 Å². The minimum absolute atomic E-state index is 0.0255. The van der Waals surface area contributed by atoms with Gasteiger partial charge in [-0.25, -0.2) is 17.2 Å². The van der Waals surface area contributed by atoms with Crippen molar-refractivity contribution in [1.29, 1.82) is 0 Å². The van der Waals surface area contributed by atoms with E-state index in [1.165, 1.54) is 11.8 Å². The third-order valence-corrected chi connectivity index (χ3v) is 9.01. The molecule has 3 fully saturated rings. The number of thioether (sulfide) groups is 1. The molecule has 0 radical (unpaired) electrons. The highest BCUT2D eigenvalue weighted by molar-refractivity contribution is 7.99. The normalized spacial score (nSPS) is 23.5. The fourth-order valence-electron chi connectivity index (χ4n) is 4.25. The van der Waals surface area contributed by atoms with Gasteiger partial charge in [-0.2, -0.15) is 4.31 Å². The van der Waals surface area contributed by atoms with Crippen LogP contribution < -0.4 is 0 Å². The molecule has 8 nitrogen and oxygen atoms in total. The average Bonchev–Trinajstić information content (AvgIpc) is 3.30. The Hall–Kier alpha value is -1.76. The van der Waals surface area contributed by atoms with Crippen LogP contribution in [0.2, 0.25) is 0 Å². The number of rotatable bonds is 4. The maximum Gasteiger partial charge on any atom is 0.246 e. The van der Waals surface area contributed by atoms with Crippen LogP contribution >= 0.6 is 11.8 Å². The molecule has 3 heterocycles. The Labute approximate surface area is 189 Å². The molecular weight excluding hydrogens is 464 g/mol. The molecule has 0 saturated carbocycles. The molecule has 3 saturated heterocycles. The molecule has 176 valence electrons. The first-order chi connectivity index (χ1) is 15.3. The summed E-state index contributed by atoms with van der Waals surface area (Å²) in [5.74, 6) is -1.54. The van der Waals surface area contributed by atoms with Crippen LogP contribution in [0.3, 0.4) is 0 Å². The molecule has 1 aromatic carbocycles. The van der Waals surface area contributed by atoms with Crippen LogP contribution in [0.5, 0.6) is 0 Å². The minimum atomic E-state index is -4.21. The largest absolute Gasteiger partial charge is 0.378 e. The first kappa shape index (κ1) is 23.4. The van der Waals surface area contributed by atoms with Crippen LogP contribution in [0, 0.1) is 17.6 Å². The second kappa shape index (κ2) is 9.62. The van der Waals surface area contributed by atoms with Gasteiger partial charge in [-0.3, -0.25) is 9.59 Å². The quantitative estimate of drug-likeness (QED) is 0.630. The van der Waals surface area contributed by atoms with E-state index in [1.807, 2.05) is 0 Å². The van der Waals surface area contributed by atoms with E-state index >= 15 is 0 Å². The van der Waals surface area contributed by atoms with Crippen molar-refractivity contribution in [2.24, 2.45) is 5.92 Å². The van der Waals surface area contributed by atoms with E-state index in [1.54, 1.807) is 9.80 Å². The van der Waals surface area contributed by atoms with Gasteiger partial charge in [0.15, 0.2) is 0 Å². The first-order valence-electron chi connectivity index (χ1n) is 10.5. The summed E-state index contributed by atoms with van der Waals surface area (Å²) in [7, 11) is -4.21. The molecule has 0 unspecified atom stereocenters. The molecule has 0 N–H and O–H groups in total. The number of carbonyl (C=O) groups is 2. The molecule has 0 aliphatic carbocycles. The Kier molecular flexibility index (Phi) is 7.03. The van der Waals surface area contributed by atoms with Crippen LogP contribution in [0.1, 0.15) is 12.8 Å². The summed E-state index contributed by atoms with van der Waals surface area (Å²) in [5.41, 5.74) is 0. The molecule has 4 rings (SSSR count). The number of halogens is 2. The Morgan fingerprint density at radius 1 is 1.03 bits per heavy atom. The van der Waals surface area contributed by atoms with E-state index in [-0.39, 0.29) is 37.7 Å². The molecule has 32 heavy (non-hydrogen) atoms. The number of hydrogen-bond acceptors (Lipinski definition) is 6. The molecule has 2 amide bonds. The zero-order valence-electron chi connectivity index (χ0n) is 17.4. The van der Waals surface area contributed by atoms with Crippen molar-refractivity contribution < 1.29 is 31.5 Å². The van der Waals surface area contributed by atoms with Crippen molar-refractivity contribution in [1.82, 2.24) is 14.1 Å². The van der Waals surface area contributed by atoms with Gasteiger partial charge in [0, 0.05) is 37.8 Å². The highest BCUT2D eigenvalue weighted by Crippen LogP contribution is 2.30. The Morgan fingerprint density at radius 2 is 1.72 bits per heavy atom. The molecule has 1 atom stereocenters. The summed E-state index contributed by atoms with van der Waals surface area (Å²) in [6.45, 7) is 2.04. The van der Waals surface area contributed by atoms with Gasteiger partial charge in [-0.05, 0) is 31.0 Å². The van der Waals surface area contributed by atoms with Gasteiger partial charge >= 0.3 is 0 Å². The van der Waals surface area contributed by atoms with Gasteiger partial charge in [0.2, 0.25) is 21.8 Å². The summed E-state index contributed by atoms with van der Waals surface area (Å²) < 4.78 is 59.4. The van der Waals surface area contributed by atoms with Crippen molar-refractivity contribution in [3.05, 3.63) is 29.8 Å². The lowest BCUT2D eigenvalue weighted by Crippen LogP contribution is -2.53. The Balaban J connectivity index is 1.40. The van der Waals surface area contributed by atoms with E-state index in [0.29, 0.717) is 44.0 Å². The number of benzene rings is 1. The molecule has 3 aliphatic heterocycles. The first-order valence-corrected chi connectivity index (χ1v) is 13.1. The number of ether oxygens (including phenoxy) is 1. The highest BCUT2D eigenvalue weighted by atomic mass is 32.2. The number of sulfonamides is 1. The van der Waals surface area contributed by atoms with Gasteiger partial charge in [0.05, 0.1) is 19.1 Å². The summed E-state index contributed by atoms with van der Waals surface area (Å²) in [4.78, 5) is 28.7. The fraction of sp³-hybridized carbons (Fsp3) is 0.600. The van der Waals surface area contributed by atoms with Gasteiger partial charge in [0.25, 0.3) is 0 Å². The number of piperidine rings is 1. The van der Waals surface area contributed by atoms with Gasteiger partial charge < -0.3 is 14.5 Å². The van der Waals surface area contributed by atoms with Crippen molar-refractivity contribution in [2.75, 3.05) is 51.0 Å². The predicted octanol–water partition coefficient (Wildman–Crippen LogP) is 1.13. The van der Waals surface area contributed by atoms with Gasteiger partial charge in [-0.15, -0.1) is 11.8 Å². The molecule has 0 spiro atoms. The minimum Gasteiger partial charge on any atom is -0.378 e. The molecular formula is C20H25F2N3O5S2. The SMILES string of the molecule is O=C([C@@H]1CSCN1C(=O)C1CCN(S(=O)(=O)c2cc(F)ccc2F)CC1)N1CCOCC1. The monoisotopic (exact) mass is 489 g/mol. The lowest BCUT2D eigenvalue weighted by Gasteiger charge is -2.35. The van der Waals surface area contributed by atoms with Crippen LogP contribution in [0.15, 0.2) is 23.1 Å². The van der Waals surface area contributed by atoms with E-state index in [2.05, 4.69) is 0 Å². The van der Waals surface area contributed by atoms with E-state index < -0.39 is 38.5 Å². The molecule has 3 aliphatic rings. The van der Waals surface area contributed by atoms with E-state index in [0.717, 1.165) is 16.4 Å². The van der Waals surface area contributed by atoms with Crippen molar-refractivity contribution in [2.45, 2.75) is 23.8 Å². The van der Waals surface area contributed by atoms with Gasteiger partial charge in [-0.1, -0.05) is 0 Å². The van der Waals surface area contributed by atoms with Gasteiger partial charge in [0.1, 0.15) is 22.6 Å². The number of amides is 2. The second-order valence-electron chi connectivity index (χ2n) is 8.01. The van der Waals surface area contributed by atoms with Crippen LogP contribution in [0.4, 0.5) is 8.78 Å². The number of nitrogens with zero attached hydrogens (tertiary/aromatic N) is 3. The third-order valence-electron chi connectivity index (χ3n) is 6.09. The summed E-state index contributed by atoms with van der Waals surface area (Å²) in [5, 5.41) is 0. The topological polar surface area (TPSA) is 87.2 Å². The predicted molar refractivity (Wildman–Crippen MR) is 113 cm³/mol. The Morgan fingerprint density at radius 3 is 2.41 bits per heavy atom. The van der Waals surface area contributed by atoms with Crippen molar-refractivity contribution >= 4 is 33.6 Å². The molecule has 1 aromatic rings. The van der Waals surface area contributed by atoms with Crippen LogP contribution in [-0.2, 0) is 24.3 Å². The number of carbonyl (C=O) groups excluding carboxylic acids is 2. The summed E-state index contributed by atoms with van der Waals surface area (Å²) in [6.07, 6.45) is 0.517. The number of hydrogen-bond donors (Lipinski definition) is 0. The highest BCUT2D eigenvalue weighted by Gasteiger charge is 2.41. The van der Waals surface area contributed by atoms with Crippen LogP contribution in [-0.4, -0.2) is 91.4 Å². The smallest absolute Gasteiger partial charge is 0.246 e. The second-order valence-corrected chi connectivity index (χ2v) is 10.9. The number of morpholine rings is 1. The lowest BCUT2D eigenvalue weighted by molar-refractivity contribution is -0.148. The molecule has 12 heteroatoms. The average molecular weight is 490 g/mol. The van der Waals surface area contributed by atoms with Crippen LogP contribution in [0.25, 0.3) is 0 Å². The maximum atomic E-state index is 14.0. The summed E-state index contributed by atoms with van der Waals surface area (Å²) >= 11 is 1.52. The lowest BCUT2D eigenvalue weighted by atomic mass is 9.96. The molecule has 0 aromatic heterocycles. The van der Waals surface area contributed by atoms with E-state index in [9.17, 15) is 26.8 Å². The molecule has 0 bridgehead atoms. The fourth-order valence-corrected chi connectivity index (χ4v) is 6.95.